The average Bonchev–Trinajstić information content (AvgIpc) is 3.27. The quantitative estimate of drug-likeness (QED) is 0.405. The van der Waals surface area contributed by atoms with E-state index in [4.69, 9.17) is 9.47 Å². The van der Waals surface area contributed by atoms with Gasteiger partial charge in [-0.1, -0.05) is 55.5 Å². The predicted octanol–water partition coefficient (Wildman–Crippen LogP) is 3.82. The van der Waals surface area contributed by atoms with Gasteiger partial charge in [0, 0.05) is 45.9 Å². The minimum Gasteiger partial charge on any atom is -0.359 e. The lowest BCUT2D eigenvalue weighted by atomic mass is 10.1. The van der Waals surface area contributed by atoms with E-state index >= 15 is 0 Å². The number of hydrazine groups is 1. The summed E-state index contributed by atoms with van der Waals surface area (Å²) in [5.74, 6) is 0.0357. The van der Waals surface area contributed by atoms with E-state index in [9.17, 15) is 4.79 Å². The Kier molecular flexibility index (Phi) is 9.03. The Labute approximate surface area is 186 Å². The first-order valence-electron chi connectivity index (χ1n) is 11.1. The van der Waals surface area contributed by atoms with Gasteiger partial charge in [0.15, 0.2) is 0 Å². The summed E-state index contributed by atoms with van der Waals surface area (Å²) in [5, 5.41) is 4.01. The minimum atomic E-state index is 0.0357. The maximum Gasteiger partial charge on any atom is 0.268 e. The number of methoxy groups -OCH3 is 1. The molecule has 0 spiro atoms. The molecule has 31 heavy (non-hydrogen) atoms. The summed E-state index contributed by atoms with van der Waals surface area (Å²) in [6, 6.07) is 20.0. The maximum absolute atomic E-state index is 13.4. The van der Waals surface area contributed by atoms with Gasteiger partial charge in [0.1, 0.15) is 6.79 Å². The molecule has 1 heterocycles. The number of likely N-dealkylation sites (tertiary alicyclic amines) is 1. The third kappa shape index (κ3) is 6.37. The van der Waals surface area contributed by atoms with Crippen LogP contribution in [0.3, 0.4) is 0 Å². The van der Waals surface area contributed by atoms with Crippen LogP contribution in [0.15, 0.2) is 60.7 Å². The Morgan fingerprint density at radius 2 is 1.81 bits per heavy atom. The number of nitrogens with zero attached hydrogens (tertiary/aromatic N) is 3. The molecule has 0 N–H and O–H groups in total. The summed E-state index contributed by atoms with van der Waals surface area (Å²) in [4.78, 5) is 15.8. The highest BCUT2D eigenvalue weighted by Gasteiger charge is 2.31. The molecular formula is C25H35N3O3. The normalized spacial score (nSPS) is 17.7. The molecule has 1 saturated heterocycles. The summed E-state index contributed by atoms with van der Waals surface area (Å²) in [6.07, 6.45) is 2.08. The summed E-state index contributed by atoms with van der Waals surface area (Å²) < 4.78 is 10.8. The molecule has 6 heteroatoms. The van der Waals surface area contributed by atoms with Gasteiger partial charge in [0.05, 0.1) is 12.1 Å². The zero-order valence-corrected chi connectivity index (χ0v) is 18.9. The number of amides is 1. The first-order chi connectivity index (χ1) is 15.1. The van der Waals surface area contributed by atoms with Crippen LogP contribution in [0.25, 0.3) is 0 Å². The highest BCUT2D eigenvalue weighted by atomic mass is 16.7. The van der Waals surface area contributed by atoms with Gasteiger partial charge in [-0.05, 0) is 30.5 Å². The number of carbonyl (C=O) groups excluding carboxylic acids is 1. The molecule has 1 aliphatic heterocycles. The number of rotatable bonds is 11. The second kappa shape index (κ2) is 12.0. The largest absolute Gasteiger partial charge is 0.359 e. The average molecular weight is 426 g/mol. The van der Waals surface area contributed by atoms with Gasteiger partial charge in [-0.25, -0.2) is 5.01 Å². The molecule has 1 fully saturated rings. The van der Waals surface area contributed by atoms with Crippen molar-refractivity contribution in [2.75, 3.05) is 47.1 Å². The van der Waals surface area contributed by atoms with Gasteiger partial charge in [0.25, 0.3) is 5.91 Å². The molecule has 3 rings (SSSR count). The Balaban J connectivity index is 1.79. The number of carbonyl (C=O) groups is 1. The maximum atomic E-state index is 13.4. The van der Waals surface area contributed by atoms with Crippen molar-refractivity contribution in [3.8, 4) is 0 Å². The second-order valence-electron chi connectivity index (χ2n) is 8.04. The molecule has 0 aromatic heterocycles. The molecule has 0 bridgehead atoms. The highest BCUT2D eigenvalue weighted by molar-refractivity contribution is 5.93. The molecule has 1 aliphatic rings. The van der Waals surface area contributed by atoms with Gasteiger partial charge in [-0.15, -0.1) is 0 Å². The van der Waals surface area contributed by atoms with E-state index in [0.717, 1.165) is 32.5 Å². The molecule has 0 saturated carbocycles. The van der Waals surface area contributed by atoms with Gasteiger partial charge in [-0.3, -0.25) is 14.7 Å². The fourth-order valence-corrected chi connectivity index (χ4v) is 4.13. The third-order valence-corrected chi connectivity index (χ3v) is 5.79. The lowest BCUT2D eigenvalue weighted by molar-refractivity contribution is -0.0687. The zero-order valence-electron chi connectivity index (χ0n) is 18.9. The van der Waals surface area contributed by atoms with Crippen LogP contribution in [0.5, 0.6) is 0 Å². The molecular weight excluding hydrogens is 390 g/mol. The van der Waals surface area contributed by atoms with E-state index in [0.29, 0.717) is 18.9 Å². The standard InChI is InChI=1S/C25H35N3O3/c1-4-16-28(25(29)22-13-9-6-10-14-22)26(2)24(21-11-7-5-8-12-21)19-27-17-15-23(18-27)31-20-30-3/h5-14,23-24H,4,15-20H2,1-3H3/t23-,24+/m0/s1. The lowest BCUT2D eigenvalue weighted by Crippen LogP contribution is -2.49. The summed E-state index contributed by atoms with van der Waals surface area (Å²) >= 11 is 0. The van der Waals surface area contributed by atoms with E-state index in [1.807, 2.05) is 48.5 Å². The van der Waals surface area contributed by atoms with Crippen molar-refractivity contribution in [2.24, 2.45) is 0 Å². The Morgan fingerprint density at radius 3 is 2.45 bits per heavy atom. The highest BCUT2D eigenvalue weighted by Crippen LogP contribution is 2.26. The van der Waals surface area contributed by atoms with Crippen LogP contribution in [0.4, 0.5) is 0 Å². The summed E-state index contributed by atoms with van der Waals surface area (Å²) in [7, 11) is 3.68. The first kappa shape index (κ1) is 23.4. The SMILES string of the molecule is CCCN(C(=O)c1ccccc1)N(C)[C@H](CN1CC[C@H](OCOC)C1)c1ccccc1. The molecule has 0 radical (unpaired) electrons. The summed E-state index contributed by atoms with van der Waals surface area (Å²) in [6.45, 7) is 5.79. The van der Waals surface area contributed by atoms with Crippen LogP contribution in [0, 0.1) is 0 Å². The van der Waals surface area contributed by atoms with Crippen LogP contribution in [0.2, 0.25) is 0 Å². The number of hydrogen-bond acceptors (Lipinski definition) is 5. The number of ether oxygens (including phenoxy) is 2. The summed E-state index contributed by atoms with van der Waals surface area (Å²) in [5.41, 5.74) is 1.91. The van der Waals surface area contributed by atoms with Crippen molar-refractivity contribution in [1.82, 2.24) is 14.9 Å². The van der Waals surface area contributed by atoms with Crippen molar-refractivity contribution in [3.05, 3.63) is 71.8 Å². The topological polar surface area (TPSA) is 45.3 Å². The Morgan fingerprint density at radius 1 is 1.13 bits per heavy atom. The monoisotopic (exact) mass is 425 g/mol. The van der Waals surface area contributed by atoms with Gasteiger partial charge in [0.2, 0.25) is 0 Å². The molecule has 2 atom stereocenters. The Bertz CT molecular complexity index is 787. The number of benzene rings is 2. The molecule has 0 unspecified atom stereocenters. The molecule has 2 aromatic carbocycles. The fourth-order valence-electron chi connectivity index (χ4n) is 4.13. The van der Waals surface area contributed by atoms with Gasteiger partial charge >= 0.3 is 0 Å². The van der Waals surface area contributed by atoms with E-state index in [-0.39, 0.29) is 18.1 Å². The number of likely N-dealkylation sites (N-methyl/N-ethyl adjacent to an activating group) is 1. The van der Waals surface area contributed by atoms with E-state index in [2.05, 4.69) is 41.1 Å². The van der Waals surface area contributed by atoms with Crippen molar-refractivity contribution in [1.29, 1.82) is 0 Å². The number of hydrogen-bond donors (Lipinski definition) is 0. The first-order valence-corrected chi connectivity index (χ1v) is 11.1. The van der Waals surface area contributed by atoms with Crippen LogP contribution in [-0.2, 0) is 9.47 Å². The van der Waals surface area contributed by atoms with Crippen LogP contribution < -0.4 is 0 Å². The minimum absolute atomic E-state index is 0.0357. The molecule has 1 amide bonds. The van der Waals surface area contributed by atoms with Crippen molar-refractivity contribution in [3.63, 3.8) is 0 Å². The van der Waals surface area contributed by atoms with Crippen molar-refractivity contribution < 1.29 is 14.3 Å². The van der Waals surface area contributed by atoms with E-state index < -0.39 is 0 Å². The zero-order chi connectivity index (χ0) is 22.1. The second-order valence-corrected chi connectivity index (χ2v) is 8.04. The molecule has 168 valence electrons. The van der Waals surface area contributed by atoms with Crippen LogP contribution in [0.1, 0.15) is 41.7 Å². The van der Waals surface area contributed by atoms with E-state index in [1.54, 1.807) is 7.11 Å². The smallest absolute Gasteiger partial charge is 0.268 e. The van der Waals surface area contributed by atoms with Crippen LogP contribution >= 0.6 is 0 Å². The van der Waals surface area contributed by atoms with Gasteiger partial charge in [-0.2, -0.15) is 0 Å². The van der Waals surface area contributed by atoms with Gasteiger partial charge < -0.3 is 9.47 Å². The van der Waals surface area contributed by atoms with Crippen molar-refractivity contribution in [2.45, 2.75) is 31.9 Å². The lowest BCUT2D eigenvalue weighted by Gasteiger charge is -2.39. The Hall–Kier alpha value is -2.25. The predicted molar refractivity (Wildman–Crippen MR) is 123 cm³/mol. The van der Waals surface area contributed by atoms with Crippen LogP contribution in [-0.4, -0.2) is 74.1 Å². The molecule has 0 aliphatic carbocycles. The third-order valence-electron chi connectivity index (χ3n) is 5.79. The van der Waals surface area contributed by atoms with E-state index in [1.165, 1.54) is 5.56 Å². The molecule has 6 nitrogen and oxygen atoms in total. The van der Waals surface area contributed by atoms with Crippen molar-refractivity contribution >= 4 is 5.91 Å². The molecule has 2 aromatic rings. The fraction of sp³-hybridized carbons (Fsp3) is 0.480.